The van der Waals surface area contributed by atoms with Gasteiger partial charge < -0.3 is 20.5 Å². The number of ether oxygens (including phenoxy) is 1. The van der Waals surface area contributed by atoms with Crippen LogP contribution in [0.2, 0.25) is 0 Å². The quantitative estimate of drug-likeness (QED) is 0.496. The Balaban J connectivity index is 1.15. The summed E-state index contributed by atoms with van der Waals surface area (Å²) in [7, 11) is 1.92. The molecule has 3 N–H and O–H groups in total. The van der Waals surface area contributed by atoms with Crippen molar-refractivity contribution < 1.29 is 19.4 Å². The normalized spacial score (nSPS) is 22.6. The van der Waals surface area contributed by atoms with E-state index in [1.165, 1.54) is 11.2 Å². The van der Waals surface area contributed by atoms with E-state index in [4.69, 9.17) is 10.5 Å². The van der Waals surface area contributed by atoms with Gasteiger partial charge in [0.05, 0.1) is 29.7 Å². The number of fused-ring (bicyclic) bond motifs is 2. The van der Waals surface area contributed by atoms with E-state index in [9.17, 15) is 14.7 Å². The van der Waals surface area contributed by atoms with Crippen molar-refractivity contribution in [2.24, 2.45) is 0 Å². The third kappa shape index (κ3) is 3.84. The first-order valence-corrected chi connectivity index (χ1v) is 10.8. The standard InChI is InChI=1S/C22H25N7O4/c1-27(7-4-8-28-21(31)13-5-2-3-6-14(13)22(28)32)10-16-15(30)9-17(33-16)29-12-26-18-19(23)24-11-25-20(18)29/h2-3,5-6,11-12,15-17,30H,4,7-10H2,1H3,(H2,23,24,25)/t15-,16?,17?/m0/s1. The Morgan fingerprint density at radius 1 is 1.18 bits per heavy atom. The molecule has 0 radical (unpaired) electrons. The predicted molar refractivity (Wildman–Crippen MR) is 118 cm³/mol. The Hall–Kier alpha value is -3.41. The molecule has 4 heterocycles. The van der Waals surface area contributed by atoms with E-state index >= 15 is 0 Å². The molecule has 0 spiro atoms. The summed E-state index contributed by atoms with van der Waals surface area (Å²) in [5.74, 6) is -0.188. The van der Waals surface area contributed by atoms with Crippen molar-refractivity contribution in [3.63, 3.8) is 0 Å². The molecule has 0 aliphatic carbocycles. The number of benzene rings is 1. The lowest BCUT2D eigenvalue weighted by Gasteiger charge is -2.23. The van der Waals surface area contributed by atoms with Gasteiger partial charge in [0.1, 0.15) is 18.1 Å². The van der Waals surface area contributed by atoms with Crippen molar-refractivity contribution in [3.05, 3.63) is 48.0 Å². The molecule has 33 heavy (non-hydrogen) atoms. The molecular formula is C22H25N7O4. The number of amides is 2. The smallest absolute Gasteiger partial charge is 0.261 e. The van der Waals surface area contributed by atoms with Gasteiger partial charge in [0.2, 0.25) is 0 Å². The third-order valence-electron chi connectivity index (χ3n) is 6.19. The maximum absolute atomic E-state index is 12.5. The summed E-state index contributed by atoms with van der Waals surface area (Å²) in [6.07, 6.45) is 2.55. The minimum absolute atomic E-state index is 0.243. The number of carbonyl (C=O) groups excluding carboxylic acids is 2. The first-order valence-electron chi connectivity index (χ1n) is 10.8. The summed E-state index contributed by atoms with van der Waals surface area (Å²) in [6, 6.07) is 6.88. The molecule has 2 aromatic heterocycles. The highest BCUT2D eigenvalue weighted by molar-refractivity contribution is 6.21. The zero-order valence-electron chi connectivity index (χ0n) is 18.2. The van der Waals surface area contributed by atoms with Gasteiger partial charge in [-0.1, -0.05) is 12.1 Å². The fourth-order valence-electron chi connectivity index (χ4n) is 4.47. The average molecular weight is 451 g/mol. The van der Waals surface area contributed by atoms with Crippen LogP contribution in [-0.2, 0) is 4.74 Å². The number of likely N-dealkylation sites (N-methyl/N-ethyl adjacent to an activating group) is 1. The minimum atomic E-state index is -0.648. The molecule has 1 fully saturated rings. The van der Waals surface area contributed by atoms with Crippen LogP contribution in [0, 0.1) is 0 Å². The molecule has 2 amide bonds. The number of nitrogens with two attached hydrogens (primary N) is 1. The largest absolute Gasteiger partial charge is 0.390 e. The summed E-state index contributed by atoms with van der Waals surface area (Å²) in [5, 5.41) is 10.6. The van der Waals surface area contributed by atoms with Crippen molar-refractivity contribution in [2.75, 3.05) is 32.4 Å². The molecule has 11 nitrogen and oxygen atoms in total. The lowest BCUT2D eigenvalue weighted by atomic mass is 10.1. The van der Waals surface area contributed by atoms with E-state index in [0.29, 0.717) is 60.6 Å². The number of imidazole rings is 1. The van der Waals surface area contributed by atoms with Crippen LogP contribution in [0.5, 0.6) is 0 Å². The lowest BCUT2D eigenvalue weighted by Crippen LogP contribution is -2.37. The maximum atomic E-state index is 12.5. The van der Waals surface area contributed by atoms with E-state index < -0.39 is 18.4 Å². The second kappa shape index (κ2) is 8.50. The summed E-state index contributed by atoms with van der Waals surface area (Å²) >= 11 is 0. The van der Waals surface area contributed by atoms with E-state index in [2.05, 4.69) is 15.0 Å². The number of hydrogen-bond donors (Lipinski definition) is 2. The number of nitrogen functional groups attached to an aromatic ring is 1. The molecule has 1 saturated heterocycles. The molecule has 3 atom stereocenters. The first-order chi connectivity index (χ1) is 15.9. The summed E-state index contributed by atoms with van der Waals surface area (Å²) in [6.45, 7) is 1.49. The average Bonchev–Trinajstić information content (AvgIpc) is 3.46. The van der Waals surface area contributed by atoms with Gasteiger partial charge in [0.15, 0.2) is 11.5 Å². The molecule has 2 aliphatic heterocycles. The number of imide groups is 1. The number of anilines is 1. The van der Waals surface area contributed by atoms with Gasteiger partial charge in [-0.2, -0.15) is 0 Å². The van der Waals surface area contributed by atoms with Crippen molar-refractivity contribution >= 4 is 28.8 Å². The van der Waals surface area contributed by atoms with Crippen molar-refractivity contribution in [1.82, 2.24) is 29.3 Å². The highest BCUT2D eigenvalue weighted by Gasteiger charge is 2.37. The Labute approximate surface area is 189 Å². The molecule has 2 unspecified atom stereocenters. The Morgan fingerprint density at radius 2 is 1.91 bits per heavy atom. The van der Waals surface area contributed by atoms with E-state index in [0.717, 1.165) is 0 Å². The number of aliphatic hydroxyl groups is 1. The molecule has 2 aliphatic rings. The highest BCUT2D eigenvalue weighted by atomic mass is 16.5. The van der Waals surface area contributed by atoms with Gasteiger partial charge in [-0.05, 0) is 32.1 Å². The van der Waals surface area contributed by atoms with Crippen LogP contribution in [0.3, 0.4) is 0 Å². The molecule has 11 heteroatoms. The summed E-state index contributed by atoms with van der Waals surface area (Å²) < 4.78 is 7.87. The molecule has 172 valence electrons. The van der Waals surface area contributed by atoms with Gasteiger partial charge in [-0.3, -0.25) is 19.1 Å². The number of aliphatic hydroxyl groups excluding tert-OH is 1. The van der Waals surface area contributed by atoms with E-state index in [1.54, 1.807) is 35.2 Å². The topological polar surface area (TPSA) is 140 Å². The number of nitrogens with zero attached hydrogens (tertiary/aromatic N) is 6. The molecule has 3 aromatic rings. The molecule has 0 bridgehead atoms. The Morgan fingerprint density at radius 3 is 2.64 bits per heavy atom. The zero-order valence-corrected chi connectivity index (χ0v) is 18.2. The van der Waals surface area contributed by atoms with Gasteiger partial charge in [-0.25, -0.2) is 15.0 Å². The van der Waals surface area contributed by atoms with Gasteiger partial charge in [-0.15, -0.1) is 0 Å². The van der Waals surface area contributed by atoms with Crippen LogP contribution >= 0.6 is 0 Å². The van der Waals surface area contributed by atoms with Crippen molar-refractivity contribution in [3.8, 4) is 0 Å². The van der Waals surface area contributed by atoms with Gasteiger partial charge in [0, 0.05) is 19.5 Å². The van der Waals surface area contributed by atoms with Crippen LogP contribution in [0.25, 0.3) is 11.2 Å². The second-order valence-corrected chi connectivity index (χ2v) is 8.44. The van der Waals surface area contributed by atoms with Crippen LogP contribution in [0.4, 0.5) is 5.82 Å². The van der Waals surface area contributed by atoms with Crippen LogP contribution in [0.1, 0.15) is 39.8 Å². The van der Waals surface area contributed by atoms with Crippen LogP contribution in [0.15, 0.2) is 36.9 Å². The molecule has 5 rings (SSSR count). The maximum Gasteiger partial charge on any atom is 0.261 e. The summed E-state index contributed by atoms with van der Waals surface area (Å²) in [5.41, 5.74) is 7.84. The Kier molecular flexibility index (Phi) is 5.52. The highest BCUT2D eigenvalue weighted by Crippen LogP contribution is 2.31. The fourth-order valence-corrected chi connectivity index (χ4v) is 4.47. The third-order valence-corrected chi connectivity index (χ3v) is 6.19. The monoisotopic (exact) mass is 451 g/mol. The second-order valence-electron chi connectivity index (χ2n) is 8.44. The molecule has 1 aromatic carbocycles. The van der Waals surface area contributed by atoms with Crippen molar-refractivity contribution in [2.45, 2.75) is 31.3 Å². The number of hydrogen-bond acceptors (Lipinski definition) is 9. The minimum Gasteiger partial charge on any atom is -0.390 e. The predicted octanol–water partition coefficient (Wildman–Crippen LogP) is 0.675. The fraction of sp³-hybridized carbons (Fsp3) is 0.409. The number of rotatable bonds is 7. The molecule has 0 saturated carbocycles. The van der Waals surface area contributed by atoms with Gasteiger partial charge >= 0.3 is 0 Å². The van der Waals surface area contributed by atoms with Crippen molar-refractivity contribution in [1.29, 1.82) is 0 Å². The van der Waals surface area contributed by atoms with E-state index in [1.807, 2.05) is 11.9 Å². The molecular weight excluding hydrogens is 426 g/mol. The van der Waals surface area contributed by atoms with E-state index in [-0.39, 0.29) is 11.8 Å². The SMILES string of the molecule is CN(CCCN1C(=O)c2ccccc2C1=O)CC1OC(n2cnc3c(N)ncnc32)C[C@@H]1O. The zero-order chi connectivity index (χ0) is 23.1. The number of carbonyl (C=O) groups is 2. The van der Waals surface area contributed by atoms with Crippen LogP contribution in [-0.4, -0.2) is 85.1 Å². The van der Waals surface area contributed by atoms with Crippen LogP contribution < -0.4 is 5.73 Å². The number of aromatic nitrogens is 4. The van der Waals surface area contributed by atoms with Gasteiger partial charge in [0.25, 0.3) is 11.8 Å². The summed E-state index contributed by atoms with van der Waals surface area (Å²) in [4.78, 5) is 40.7. The Bertz CT molecular complexity index is 1180. The first kappa shape index (κ1) is 21.4. The lowest BCUT2D eigenvalue weighted by molar-refractivity contribution is -0.0304.